The van der Waals surface area contributed by atoms with E-state index in [1.165, 1.54) is 40.7 Å². The van der Waals surface area contributed by atoms with E-state index in [2.05, 4.69) is 5.32 Å². The summed E-state index contributed by atoms with van der Waals surface area (Å²) in [4.78, 5) is 12.6. The number of benzene rings is 2. The Balaban J connectivity index is 1.80. The molecule has 1 N–H and O–H groups in total. The van der Waals surface area contributed by atoms with Gasteiger partial charge in [0, 0.05) is 12.2 Å². The number of anilines is 1. The molecule has 1 atom stereocenters. The highest BCUT2D eigenvalue weighted by Crippen LogP contribution is 2.27. The number of hydrogen-bond donors (Lipinski definition) is 1. The van der Waals surface area contributed by atoms with Gasteiger partial charge in [-0.1, -0.05) is 18.2 Å². The summed E-state index contributed by atoms with van der Waals surface area (Å²) in [6, 6.07) is 12.7. The van der Waals surface area contributed by atoms with Crippen LogP contribution < -0.4 is 5.32 Å². The van der Waals surface area contributed by atoms with E-state index in [0.717, 1.165) is 0 Å². The molecule has 0 aromatic heterocycles. The third-order valence-corrected chi connectivity index (χ3v) is 5.89. The molecule has 1 saturated heterocycles. The summed E-state index contributed by atoms with van der Waals surface area (Å²) in [7, 11) is -3.72. The monoisotopic (exact) mass is 348 g/mol. The molecule has 126 valence electrons. The molecule has 7 heteroatoms. The van der Waals surface area contributed by atoms with E-state index in [9.17, 15) is 17.6 Å². The van der Waals surface area contributed by atoms with Crippen LogP contribution in [0, 0.1) is 5.82 Å². The summed E-state index contributed by atoms with van der Waals surface area (Å²) in [6.45, 7) is 0.304. The predicted molar refractivity (Wildman–Crippen MR) is 88.4 cm³/mol. The van der Waals surface area contributed by atoms with Crippen LogP contribution in [0.4, 0.5) is 10.1 Å². The van der Waals surface area contributed by atoms with Crippen LogP contribution in [0.25, 0.3) is 0 Å². The van der Waals surface area contributed by atoms with E-state index in [4.69, 9.17) is 0 Å². The van der Waals surface area contributed by atoms with Crippen LogP contribution in [0.2, 0.25) is 0 Å². The average molecular weight is 348 g/mol. The second kappa shape index (κ2) is 6.70. The Labute approximate surface area is 140 Å². The molecule has 0 aliphatic carbocycles. The van der Waals surface area contributed by atoms with Crippen LogP contribution in [0.3, 0.4) is 0 Å². The lowest BCUT2D eigenvalue weighted by molar-refractivity contribution is -0.119. The van der Waals surface area contributed by atoms with E-state index in [1.54, 1.807) is 18.2 Å². The molecule has 0 spiro atoms. The summed E-state index contributed by atoms with van der Waals surface area (Å²) >= 11 is 0. The van der Waals surface area contributed by atoms with Gasteiger partial charge in [-0.3, -0.25) is 4.79 Å². The Hall–Kier alpha value is -2.25. The number of carbonyl (C=O) groups is 1. The van der Waals surface area contributed by atoms with E-state index in [-0.39, 0.29) is 4.90 Å². The topological polar surface area (TPSA) is 66.5 Å². The number of sulfonamides is 1. The molecule has 1 heterocycles. The molecule has 5 nitrogen and oxygen atoms in total. The van der Waals surface area contributed by atoms with Crippen LogP contribution in [-0.2, 0) is 14.8 Å². The highest BCUT2D eigenvalue weighted by molar-refractivity contribution is 7.89. The maximum Gasteiger partial charge on any atom is 0.243 e. The highest BCUT2D eigenvalue weighted by atomic mass is 32.2. The van der Waals surface area contributed by atoms with Crippen molar-refractivity contribution in [1.82, 2.24) is 4.31 Å². The van der Waals surface area contributed by atoms with Crippen LogP contribution in [-0.4, -0.2) is 31.2 Å². The molecule has 0 bridgehead atoms. The fourth-order valence-corrected chi connectivity index (χ4v) is 4.45. The minimum atomic E-state index is -3.72. The van der Waals surface area contributed by atoms with Gasteiger partial charge in [-0.2, -0.15) is 4.31 Å². The van der Waals surface area contributed by atoms with Gasteiger partial charge in [-0.15, -0.1) is 0 Å². The van der Waals surface area contributed by atoms with Crippen LogP contribution in [0.5, 0.6) is 0 Å². The Morgan fingerprint density at radius 3 is 2.42 bits per heavy atom. The predicted octanol–water partition coefficient (Wildman–Crippen LogP) is 2.62. The zero-order valence-electron chi connectivity index (χ0n) is 12.9. The number of carbonyl (C=O) groups excluding carboxylic acids is 1. The number of nitrogens with one attached hydrogen (secondary N) is 1. The van der Waals surface area contributed by atoms with Gasteiger partial charge in [0.05, 0.1) is 4.90 Å². The molecule has 2 aromatic rings. The number of amides is 1. The van der Waals surface area contributed by atoms with Crippen molar-refractivity contribution in [3.63, 3.8) is 0 Å². The van der Waals surface area contributed by atoms with Crippen molar-refractivity contribution < 1.29 is 17.6 Å². The first kappa shape index (κ1) is 16.6. The Bertz CT molecular complexity index is 823. The first-order valence-electron chi connectivity index (χ1n) is 7.62. The largest absolute Gasteiger partial charge is 0.325 e. The van der Waals surface area contributed by atoms with Gasteiger partial charge < -0.3 is 5.32 Å². The van der Waals surface area contributed by atoms with Crippen molar-refractivity contribution >= 4 is 21.6 Å². The lowest BCUT2D eigenvalue weighted by Gasteiger charge is -2.23. The van der Waals surface area contributed by atoms with Gasteiger partial charge in [0.25, 0.3) is 0 Å². The zero-order chi connectivity index (χ0) is 17.2. The smallest absolute Gasteiger partial charge is 0.243 e. The molecule has 0 radical (unpaired) electrons. The summed E-state index contributed by atoms with van der Waals surface area (Å²) < 4.78 is 39.7. The quantitative estimate of drug-likeness (QED) is 0.924. The maximum atomic E-state index is 12.9. The van der Waals surface area contributed by atoms with Crippen molar-refractivity contribution in [3.8, 4) is 0 Å². The van der Waals surface area contributed by atoms with Gasteiger partial charge in [0.15, 0.2) is 0 Å². The summed E-state index contributed by atoms with van der Waals surface area (Å²) in [5.74, 6) is -0.805. The summed E-state index contributed by atoms with van der Waals surface area (Å²) in [6.07, 6.45) is 1.08. The molecule has 1 fully saturated rings. The Morgan fingerprint density at radius 1 is 1.08 bits per heavy atom. The van der Waals surface area contributed by atoms with Crippen molar-refractivity contribution in [3.05, 3.63) is 60.4 Å². The van der Waals surface area contributed by atoms with E-state index in [0.29, 0.717) is 25.1 Å². The van der Waals surface area contributed by atoms with Gasteiger partial charge in [-0.25, -0.2) is 12.8 Å². The van der Waals surface area contributed by atoms with Gasteiger partial charge in [-0.05, 0) is 49.2 Å². The molecule has 1 aliphatic heterocycles. The second-order valence-corrected chi connectivity index (χ2v) is 7.47. The standard InChI is InChI=1S/C17H17FN2O3S/c18-13-8-10-14(11-9-13)19-17(21)16-7-4-12-20(16)24(22,23)15-5-2-1-3-6-15/h1-3,5-6,8-11,16H,4,7,12H2,(H,19,21)/t16-/m1/s1. The molecule has 1 amide bonds. The number of hydrogen-bond acceptors (Lipinski definition) is 3. The number of rotatable bonds is 4. The second-order valence-electron chi connectivity index (χ2n) is 5.58. The Kier molecular flexibility index (Phi) is 4.64. The molecular formula is C17H17FN2O3S. The zero-order valence-corrected chi connectivity index (χ0v) is 13.7. The van der Waals surface area contributed by atoms with E-state index >= 15 is 0 Å². The molecule has 0 saturated carbocycles. The summed E-state index contributed by atoms with van der Waals surface area (Å²) in [5.41, 5.74) is 0.436. The number of nitrogens with zero attached hydrogens (tertiary/aromatic N) is 1. The summed E-state index contributed by atoms with van der Waals surface area (Å²) in [5, 5.41) is 2.65. The molecule has 2 aromatic carbocycles. The minimum Gasteiger partial charge on any atom is -0.325 e. The fourth-order valence-electron chi connectivity index (χ4n) is 2.78. The van der Waals surface area contributed by atoms with Gasteiger partial charge >= 0.3 is 0 Å². The molecule has 3 rings (SSSR count). The van der Waals surface area contributed by atoms with E-state index in [1.807, 2.05) is 0 Å². The average Bonchev–Trinajstić information content (AvgIpc) is 3.08. The van der Waals surface area contributed by atoms with Crippen molar-refractivity contribution in [2.45, 2.75) is 23.8 Å². The first-order chi connectivity index (χ1) is 11.5. The lowest BCUT2D eigenvalue weighted by atomic mass is 10.2. The van der Waals surface area contributed by atoms with Crippen molar-refractivity contribution in [1.29, 1.82) is 0 Å². The fraction of sp³-hybridized carbons (Fsp3) is 0.235. The molecule has 1 aliphatic rings. The molecular weight excluding hydrogens is 331 g/mol. The normalized spacial score (nSPS) is 18.5. The SMILES string of the molecule is O=C(Nc1ccc(F)cc1)[C@H]1CCCN1S(=O)(=O)c1ccccc1. The molecule has 24 heavy (non-hydrogen) atoms. The number of halogens is 1. The third kappa shape index (κ3) is 3.32. The van der Waals surface area contributed by atoms with Gasteiger partial charge in [0.1, 0.15) is 11.9 Å². The lowest BCUT2D eigenvalue weighted by Crippen LogP contribution is -2.43. The highest BCUT2D eigenvalue weighted by Gasteiger charge is 2.39. The van der Waals surface area contributed by atoms with Crippen LogP contribution >= 0.6 is 0 Å². The first-order valence-corrected chi connectivity index (χ1v) is 9.06. The van der Waals surface area contributed by atoms with Crippen molar-refractivity contribution in [2.75, 3.05) is 11.9 Å². The minimum absolute atomic E-state index is 0.173. The molecule has 0 unspecified atom stereocenters. The van der Waals surface area contributed by atoms with E-state index < -0.39 is 27.8 Å². The third-order valence-electron chi connectivity index (χ3n) is 3.97. The van der Waals surface area contributed by atoms with Gasteiger partial charge in [0.2, 0.25) is 15.9 Å². The van der Waals surface area contributed by atoms with Crippen molar-refractivity contribution in [2.24, 2.45) is 0 Å². The maximum absolute atomic E-state index is 12.9. The Morgan fingerprint density at radius 2 is 1.75 bits per heavy atom. The van der Waals surface area contributed by atoms with Crippen LogP contribution in [0.1, 0.15) is 12.8 Å². The van der Waals surface area contributed by atoms with Crippen LogP contribution in [0.15, 0.2) is 59.5 Å².